The molecule has 4 heteroatoms. The molecule has 0 atom stereocenters. The van der Waals surface area contributed by atoms with Crippen molar-refractivity contribution in [2.75, 3.05) is 4.90 Å². The Labute approximate surface area is 326 Å². The third kappa shape index (κ3) is 5.49. The van der Waals surface area contributed by atoms with Crippen LogP contribution in [0.4, 0.5) is 17.1 Å². The van der Waals surface area contributed by atoms with E-state index in [9.17, 15) is 0 Å². The lowest BCUT2D eigenvalue weighted by atomic mass is 9.93. The molecule has 0 aliphatic rings. The van der Waals surface area contributed by atoms with Crippen LogP contribution in [-0.4, -0.2) is 4.98 Å². The van der Waals surface area contributed by atoms with Crippen LogP contribution in [0.2, 0.25) is 0 Å². The van der Waals surface area contributed by atoms with E-state index in [0.29, 0.717) is 0 Å². The molecule has 0 aliphatic carbocycles. The summed E-state index contributed by atoms with van der Waals surface area (Å²) in [7, 11) is 0. The molecule has 11 aromatic rings. The molecule has 0 bridgehead atoms. The van der Waals surface area contributed by atoms with Crippen molar-refractivity contribution in [3.63, 3.8) is 0 Å². The van der Waals surface area contributed by atoms with Gasteiger partial charge in [-0.2, -0.15) is 0 Å². The van der Waals surface area contributed by atoms with E-state index in [2.05, 4.69) is 199 Å². The van der Waals surface area contributed by atoms with Gasteiger partial charge in [0.05, 0.1) is 10.2 Å². The van der Waals surface area contributed by atoms with Gasteiger partial charge in [-0.1, -0.05) is 133 Å². The summed E-state index contributed by atoms with van der Waals surface area (Å²) in [6.45, 7) is 0. The Balaban J connectivity index is 0.979. The maximum Gasteiger partial charge on any atom is 0.124 e. The van der Waals surface area contributed by atoms with Crippen molar-refractivity contribution in [1.82, 2.24) is 4.98 Å². The van der Waals surface area contributed by atoms with Gasteiger partial charge >= 0.3 is 0 Å². The third-order valence-corrected chi connectivity index (χ3v) is 12.9. The zero-order valence-corrected chi connectivity index (χ0v) is 31.3. The quantitative estimate of drug-likeness (QED) is 0.158. The van der Waals surface area contributed by atoms with E-state index in [1.807, 2.05) is 11.3 Å². The van der Waals surface area contributed by atoms with Crippen molar-refractivity contribution in [2.24, 2.45) is 0 Å². The van der Waals surface area contributed by atoms with Crippen LogP contribution in [0.15, 0.2) is 194 Å². The van der Waals surface area contributed by atoms with Gasteiger partial charge in [-0.25, -0.2) is 4.98 Å². The van der Waals surface area contributed by atoms with Gasteiger partial charge < -0.3 is 4.90 Å². The minimum Gasteiger partial charge on any atom is -0.311 e. The summed E-state index contributed by atoms with van der Waals surface area (Å²) in [5.41, 5.74) is 10.5. The van der Waals surface area contributed by atoms with Crippen molar-refractivity contribution >= 4 is 91.7 Å². The third-order valence-electron chi connectivity index (χ3n) is 10.7. The molecule has 11 rings (SSSR count). The molecule has 0 N–H and O–H groups in total. The normalized spacial score (nSPS) is 11.6. The number of thiophene rings is 1. The molecule has 0 unspecified atom stereocenters. The molecule has 55 heavy (non-hydrogen) atoms. The van der Waals surface area contributed by atoms with E-state index >= 15 is 0 Å². The topological polar surface area (TPSA) is 16.1 Å². The number of aromatic nitrogens is 1. The first kappa shape index (κ1) is 31.9. The standard InChI is InChI=1S/C51H32N2S2/c1-3-12-35(13-4-1)51-52-46-31-45-48(32-49(46)55-51)54-47-21-11-20-41(50(45)47)33-22-26-38(27-23-33)53(37-15-5-2-6-16-37)39-28-24-34(25-29-39)44-30-36-14-7-8-17-40(36)42-18-9-10-19-43(42)44/h1-32H. The molecule has 2 nitrogen and oxygen atoms in total. The van der Waals surface area contributed by atoms with Gasteiger partial charge in [0.1, 0.15) is 5.01 Å². The number of thiazole rings is 1. The van der Waals surface area contributed by atoms with Crippen molar-refractivity contribution in [1.29, 1.82) is 0 Å². The Bertz CT molecular complexity index is 3180. The highest BCUT2D eigenvalue weighted by Crippen LogP contribution is 2.44. The highest BCUT2D eigenvalue weighted by Gasteiger charge is 2.17. The molecule has 0 fully saturated rings. The Morgan fingerprint density at radius 3 is 1.73 bits per heavy atom. The first-order valence-electron chi connectivity index (χ1n) is 18.5. The number of anilines is 3. The highest BCUT2D eigenvalue weighted by atomic mass is 32.1. The fourth-order valence-electron chi connectivity index (χ4n) is 8.09. The number of hydrogen-bond acceptors (Lipinski definition) is 4. The summed E-state index contributed by atoms with van der Waals surface area (Å²) in [6, 6.07) is 70.3. The molecular formula is C51H32N2S2. The minimum absolute atomic E-state index is 1.06. The maximum absolute atomic E-state index is 5.08. The summed E-state index contributed by atoms with van der Waals surface area (Å²) in [6.07, 6.45) is 0. The van der Waals surface area contributed by atoms with Crippen LogP contribution in [0.25, 0.3) is 84.8 Å². The number of benzene rings is 9. The molecule has 9 aromatic carbocycles. The van der Waals surface area contributed by atoms with Crippen molar-refractivity contribution in [2.45, 2.75) is 0 Å². The molecule has 2 aromatic heterocycles. The Kier molecular flexibility index (Phi) is 7.58. The molecule has 0 aliphatic heterocycles. The number of fused-ring (bicyclic) bond motifs is 7. The molecule has 258 valence electrons. The van der Waals surface area contributed by atoms with Crippen molar-refractivity contribution in [3.8, 4) is 32.8 Å². The predicted molar refractivity (Wildman–Crippen MR) is 239 cm³/mol. The summed E-state index contributed by atoms with van der Waals surface area (Å²) >= 11 is 3.63. The molecule has 0 amide bonds. The van der Waals surface area contributed by atoms with E-state index in [4.69, 9.17) is 4.98 Å². The molecular weight excluding hydrogens is 705 g/mol. The van der Waals surface area contributed by atoms with E-state index in [0.717, 1.165) is 33.1 Å². The first-order valence-corrected chi connectivity index (χ1v) is 20.2. The smallest absolute Gasteiger partial charge is 0.124 e. The summed E-state index contributed by atoms with van der Waals surface area (Å²) in [4.78, 5) is 7.42. The number of rotatable bonds is 6. The van der Waals surface area contributed by atoms with Crippen LogP contribution < -0.4 is 4.90 Å². The van der Waals surface area contributed by atoms with Crippen LogP contribution in [0.3, 0.4) is 0 Å². The largest absolute Gasteiger partial charge is 0.311 e. The second-order valence-electron chi connectivity index (χ2n) is 13.9. The van der Waals surface area contributed by atoms with Gasteiger partial charge in [-0.3, -0.25) is 0 Å². The number of hydrogen-bond donors (Lipinski definition) is 0. The van der Waals surface area contributed by atoms with Gasteiger partial charge in [0.25, 0.3) is 0 Å². The number of nitrogens with zero attached hydrogens (tertiary/aromatic N) is 2. The molecule has 2 heterocycles. The van der Waals surface area contributed by atoms with Gasteiger partial charge in [-0.05, 0) is 104 Å². The Hall–Kier alpha value is -6.59. The zero-order valence-electron chi connectivity index (χ0n) is 29.7. The molecule has 0 saturated carbocycles. The van der Waals surface area contributed by atoms with Crippen LogP contribution in [-0.2, 0) is 0 Å². The average molecular weight is 737 g/mol. The van der Waals surface area contributed by atoms with E-state index in [1.54, 1.807) is 11.3 Å². The molecule has 0 spiro atoms. The lowest BCUT2D eigenvalue weighted by Gasteiger charge is -2.26. The SMILES string of the molecule is c1ccc(-c2nc3cc4c(cc3s2)sc2cccc(-c3ccc(N(c5ccccc5)c5ccc(-c6cc7ccccc7c7ccccc67)cc5)cc3)c24)cc1. The van der Waals surface area contributed by atoms with Crippen LogP contribution in [0.5, 0.6) is 0 Å². The molecule has 0 saturated heterocycles. The first-order chi connectivity index (χ1) is 27.2. The fraction of sp³-hybridized carbons (Fsp3) is 0. The summed E-state index contributed by atoms with van der Waals surface area (Å²) < 4.78 is 3.82. The maximum atomic E-state index is 5.08. The van der Waals surface area contributed by atoms with Gasteiger partial charge in [0.15, 0.2) is 0 Å². The van der Waals surface area contributed by atoms with Gasteiger partial charge in [0, 0.05) is 42.8 Å². The lowest BCUT2D eigenvalue weighted by Crippen LogP contribution is -2.09. The minimum atomic E-state index is 1.06. The van der Waals surface area contributed by atoms with Gasteiger partial charge in [0.2, 0.25) is 0 Å². The molecule has 0 radical (unpaired) electrons. The van der Waals surface area contributed by atoms with Crippen LogP contribution in [0, 0.1) is 0 Å². The summed E-state index contributed by atoms with van der Waals surface area (Å²) in [5.74, 6) is 0. The zero-order chi connectivity index (χ0) is 36.3. The number of para-hydroxylation sites is 1. The van der Waals surface area contributed by atoms with E-state index in [-0.39, 0.29) is 0 Å². The summed E-state index contributed by atoms with van der Waals surface area (Å²) in [5, 5.41) is 8.72. The second-order valence-corrected chi connectivity index (χ2v) is 16.1. The van der Waals surface area contributed by atoms with E-state index < -0.39 is 0 Å². The average Bonchev–Trinajstić information content (AvgIpc) is 3.84. The van der Waals surface area contributed by atoms with Gasteiger partial charge in [-0.15, -0.1) is 22.7 Å². The van der Waals surface area contributed by atoms with Crippen LogP contribution >= 0.6 is 22.7 Å². The second kappa shape index (κ2) is 13.1. The lowest BCUT2D eigenvalue weighted by molar-refractivity contribution is 1.28. The monoisotopic (exact) mass is 736 g/mol. The van der Waals surface area contributed by atoms with Crippen molar-refractivity contribution in [3.05, 3.63) is 194 Å². The van der Waals surface area contributed by atoms with E-state index in [1.165, 1.54) is 68.7 Å². The van der Waals surface area contributed by atoms with Crippen LogP contribution in [0.1, 0.15) is 0 Å². The highest BCUT2D eigenvalue weighted by molar-refractivity contribution is 7.26. The Morgan fingerprint density at radius 2 is 0.982 bits per heavy atom. The Morgan fingerprint density at radius 1 is 0.364 bits per heavy atom. The van der Waals surface area contributed by atoms with Crippen molar-refractivity contribution < 1.29 is 0 Å². The predicted octanol–water partition coefficient (Wildman–Crippen LogP) is 15.4. The fourth-order valence-corrected chi connectivity index (χ4v) is 10.3.